The molecule has 3 heteroatoms. The Labute approximate surface area is 102 Å². The van der Waals surface area contributed by atoms with Crippen LogP contribution in [0.25, 0.3) is 0 Å². The molecule has 0 aromatic carbocycles. The lowest BCUT2D eigenvalue weighted by Crippen LogP contribution is -2.47. The standard InChI is InChI=1S/C13H21NOS/c1-4-11-5-6-12(16-11)10(2)14-7-13(3)8-15-9-13/h5-6,10,14H,4,7-9H2,1-3H3. The third kappa shape index (κ3) is 2.65. The first-order valence-electron chi connectivity index (χ1n) is 6.03. The smallest absolute Gasteiger partial charge is 0.0554 e. The van der Waals surface area contributed by atoms with Gasteiger partial charge in [-0.05, 0) is 25.5 Å². The highest BCUT2D eigenvalue weighted by molar-refractivity contribution is 7.12. The van der Waals surface area contributed by atoms with Crippen LogP contribution in [0.5, 0.6) is 0 Å². The van der Waals surface area contributed by atoms with E-state index >= 15 is 0 Å². The quantitative estimate of drug-likeness (QED) is 0.853. The highest BCUT2D eigenvalue weighted by atomic mass is 32.1. The zero-order chi connectivity index (χ0) is 11.6. The molecule has 2 nitrogen and oxygen atoms in total. The van der Waals surface area contributed by atoms with E-state index in [2.05, 4.69) is 38.2 Å². The van der Waals surface area contributed by atoms with Gasteiger partial charge in [0, 0.05) is 27.8 Å². The first kappa shape index (κ1) is 12.1. The fraction of sp³-hybridized carbons (Fsp3) is 0.692. The van der Waals surface area contributed by atoms with Crippen LogP contribution < -0.4 is 5.32 Å². The van der Waals surface area contributed by atoms with E-state index in [-0.39, 0.29) is 0 Å². The van der Waals surface area contributed by atoms with Crippen LogP contribution in [0.2, 0.25) is 0 Å². The van der Waals surface area contributed by atoms with Crippen molar-refractivity contribution in [3.8, 4) is 0 Å². The predicted molar refractivity (Wildman–Crippen MR) is 69.0 cm³/mol. The SMILES string of the molecule is CCc1ccc(C(C)NCC2(C)COC2)s1. The van der Waals surface area contributed by atoms with E-state index in [1.807, 2.05) is 11.3 Å². The molecule has 1 atom stereocenters. The molecular weight excluding hydrogens is 218 g/mol. The lowest BCUT2D eigenvalue weighted by molar-refractivity contribution is -0.0998. The van der Waals surface area contributed by atoms with Gasteiger partial charge in [0.2, 0.25) is 0 Å². The molecule has 1 aliphatic heterocycles. The van der Waals surface area contributed by atoms with Crippen LogP contribution in [-0.2, 0) is 11.2 Å². The van der Waals surface area contributed by atoms with Crippen molar-refractivity contribution in [2.45, 2.75) is 33.2 Å². The molecule has 0 saturated carbocycles. The predicted octanol–water partition coefficient (Wildman–Crippen LogP) is 3.00. The van der Waals surface area contributed by atoms with Crippen LogP contribution in [0.4, 0.5) is 0 Å². The molecule has 0 amide bonds. The molecule has 1 aromatic rings. The van der Waals surface area contributed by atoms with Crippen LogP contribution in [0.3, 0.4) is 0 Å². The van der Waals surface area contributed by atoms with Gasteiger partial charge >= 0.3 is 0 Å². The first-order valence-corrected chi connectivity index (χ1v) is 6.84. The van der Waals surface area contributed by atoms with Crippen LogP contribution >= 0.6 is 11.3 Å². The summed E-state index contributed by atoms with van der Waals surface area (Å²) in [6.45, 7) is 9.58. The van der Waals surface area contributed by atoms with Crippen LogP contribution in [0.1, 0.15) is 36.6 Å². The van der Waals surface area contributed by atoms with E-state index in [0.717, 1.165) is 26.2 Å². The van der Waals surface area contributed by atoms with Gasteiger partial charge in [-0.1, -0.05) is 13.8 Å². The minimum atomic E-state index is 0.360. The minimum absolute atomic E-state index is 0.360. The Kier molecular flexibility index (Phi) is 3.67. The molecule has 2 rings (SSSR count). The molecule has 0 radical (unpaired) electrons. The molecule has 0 spiro atoms. The van der Waals surface area contributed by atoms with Crippen molar-refractivity contribution >= 4 is 11.3 Å². The zero-order valence-electron chi connectivity index (χ0n) is 10.4. The van der Waals surface area contributed by atoms with Gasteiger partial charge in [-0.25, -0.2) is 0 Å². The summed E-state index contributed by atoms with van der Waals surface area (Å²) in [5.41, 5.74) is 0.360. The molecule has 90 valence electrons. The van der Waals surface area contributed by atoms with Gasteiger partial charge in [0.1, 0.15) is 0 Å². The van der Waals surface area contributed by atoms with Gasteiger partial charge in [0.25, 0.3) is 0 Å². The second kappa shape index (κ2) is 4.86. The third-order valence-corrected chi connectivity index (χ3v) is 4.61. The number of rotatable bonds is 5. The van der Waals surface area contributed by atoms with Crippen molar-refractivity contribution in [3.05, 3.63) is 21.9 Å². The van der Waals surface area contributed by atoms with E-state index in [0.29, 0.717) is 11.5 Å². The van der Waals surface area contributed by atoms with E-state index < -0.39 is 0 Å². The number of hydrogen-bond acceptors (Lipinski definition) is 3. The largest absolute Gasteiger partial charge is 0.380 e. The Morgan fingerprint density at radius 3 is 2.75 bits per heavy atom. The maximum Gasteiger partial charge on any atom is 0.0554 e. The van der Waals surface area contributed by atoms with Crippen molar-refractivity contribution < 1.29 is 4.74 Å². The number of nitrogens with one attached hydrogen (secondary N) is 1. The van der Waals surface area contributed by atoms with Gasteiger partial charge in [-0.2, -0.15) is 0 Å². The highest BCUT2D eigenvalue weighted by Crippen LogP contribution is 2.28. The second-order valence-corrected chi connectivity index (χ2v) is 6.26. The minimum Gasteiger partial charge on any atom is -0.380 e. The van der Waals surface area contributed by atoms with Crippen molar-refractivity contribution in [1.29, 1.82) is 0 Å². The monoisotopic (exact) mass is 239 g/mol. The lowest BCUT2D eigenvalue weighted by Gasteiger charge is -2.38. The van der Waals surface area contributed by atoms with Crippen molar-refractivity contribution in [3.63, 3.8) is 0 Å². The lowest BCUT2D eigenvalue weighted by atomic mass is 9.88. The number of hydrogen-bond donors (Lipinski definition) is 1. The van der Waals surface area contributed by atoms with Crippen LogP contribution in [0, 0.1) is 5.41 Å². The third-order valence-electron chi connectivity index (χ3n) is 3.19. The zero-order valence-corrected chi connectivity index (χ0v) is 11.2. The fourth-order valence-corrected chi connectivity index (χ4v) is 2.85. The fourth-order valence-electron chi connectivity index (χ4n) is 1.87. The molecule has 1 N–H and O–H groups in total. The Balaban J connectivity index is 1.85. The molecule has 0 bridgehead atoms. The summed E-state index contributed by atoms with van der Waals surface area (Å²) >= 11 is 1.92. The first-order chi connectivity index (χ1) is 7.63. The Hall–Kier alpha value is -0.380. The summed E-state index contributed by atoms with van der Waals surface area (Å²) in [4.78, 5) is 2.92. The molecular formula is C13H21NOS. The van der Waals surface area contributed by atoms with Crippen molar-refractivity contribution in [2.75, 3.05) is 19.8 Å². The topological polar surface area (TPSA) is 21.3 Å². The Morgan fingerprint density at radius 2 is 2.25 bits per heavy atom. The van der Waals surface area contributed by atoms with Gasteiger partial charge in [0.15, 0.2) is 0 Å². The summed E-state index contributed by atoms with van der Waals surface area (Å²) in [5, 5.41) is 3.61. The molecule has 0 aliphatic carbocycles. The van der Waals surface area contributed by atoms with E-state index in [1.54, 1.807) is 0 Å². The number of aryl methyl sites for hydroxylation is 1. The molecule has 1 fully saturated rings. The highest BCUT2D eigenvalue weighted by Gasteiger charge is 2.33. The van der Waals surface area contributed by atoms with E-state index in [1.165, 1.54) is 9.75 Å². The van der Waals surface area contributed by atoms with Gasteiger partial charge in [-0.15, -0.1) is 11.3 Å². The van der Waals surface area contributed by atoms with Gasteiger partial charge in [-0.3, -0.25) is 0 Å². The molecule has 2 heterocycles. The van der Waals surface area contributed by atoms with E-state index in [9.17, 15) is 0 Å². The average Bonchev–Trinajstić information content (AvgIpc) is 2.71. The van der Waals surface area contributed by atoms with Gasteiger partial charge < -0.3 is 10.1 Å². The second-order valence-electron chi connectivity index (χ2n) is 5.06. The Morgan fingerprint density at radius 1 is 1.50 bits per heavy atom. The molecule has 1 aromatic heterocycles. The summed E-state index contributed by atoms with van der Waals surface area (Å²) in [6.07, 6.45) is 1.14. The van der Waals surface area contributed by atoms with Crippen molar-refractivity contribution in [2.24, 2.45) is 5.41 Å². The van der Waals surface area contributed by atoms with Gasteiger partial charge in [0.05, 0.1) is 13.2 Å². The summed E-state index contributed by atoms with van der Waals surface area (Å²) in [6, 6.07) is 4.95. The number of thiophene rings is 1. The maximum atomic E-state index is 5.26. The van der Waals surface area contributed by atoms with E-state index in [4.69, 9.17) is 4.74 Å². The summed E-state index contributed by atoms with van der Waals surface area (Å²) in [5.74, 6) is 0. The normalized spacial score (nSPS) is 20.4. The average molecular weight is 239 g/mol. The van der Waals surface area contributed by atoms with Crippen LogP contribution in [-0.4, -0.2) is 19.8 Å². The van der Waals surface area contributed by atoms with Crippen LogP contribution in [0.15, 0.2) is 12.1 Å². The number of ether oxygens (including phenoxy) is 1. The summed E-state index contributed by atoms with van der Waals surface area (Å²) < 4.78 is 5.26. The Bertz CT molecular complexity index is 343. The maximum absolute atomic E-state index is 5.26. The molecule has 16 heavy (non-hydrogen) atoms. The molecule has 1 saturated heterocycles. The molecule has 1 aliphatic rings. The molecule has 1 unspecified atom stereocenters. The summed E-state index contributed by atoms with van der Waals surface area (Å²) in [7, 11) is 0. The van der Waals surface area contributed by atoms with Crippen molar-refractivity contribution in [1.82, 2.24) is 5.32 Å².